The molecule has 0 spiro atoms. The van der Waals surface area contributed by atoms with Crippen molar-refractivity contribution in [3.63, 3.8) is 0 Å². The van der Waals surface area contributed by atoms with Crippen molar-refractivity contribution in [2.45, 2.75) is 17.9 Å². The normalized spacial score (nSPS) is 21.2. The Morgan fingerprint density at radius 1 is 1.37 bits per heavy atom. The summed E-state index contributed by atoms with van der Waals surface area (Å²) in [7, 11) is -3.58. The fraction of sp³-hybridized carbons (Fsp3) is 0.417. The Balaban J connectivity index is 2.26. The summed E-state index contributed by atoms with van der Waals surface area (Å²) in [6, 6.07) is 5.22. The summed E-state index contributed by atoms with van der Waals surface area (Å²) in [6.45, 7) is 2.80. The van der Waals surface area contributed by atoms with Crippen LogP contribution in [0, 0.1) is 0 Å². The second-order valence-electron chi connectivity index (χ2n) is 4.37. The molecule has 1 aromatic carbocycles. The third-order valence-corrected chi connectivity index (χ3v) is 4.82. The first-order chi connectivity index (χ1) is 8.91. The van der Waals surface area contributed by atoms with Crippen LogP contribution in [0.3, 0.4) is 0 Å². The molecule has 0 aromatic heterocycles. The molecule has 0 bridgehead atoms. The van der Waals surface area contributed by atoms with E-state index in [2.05, 4.69) is 0 Å². The van der Waals surface area contributed by atoms with E-state index in [1.165, 1.54) is 28.6 Å². The molecule has 0 radical (unpaired) electrons. The van der Waals surface area contributed by atoms with E-state index in [9.17, 15) is 13.2 Å². The van der Waals surface area contributed by atoms with Gasteiger partial charge in [0, 0.05) is 13.1 Å². The van der Waals surface area contributed by atoms with Crippen molar-refractivity contribution in [2.24, 2.45) is 0 Å². The molecule has 6 nitrogen and oxygen atoms in total. The van der Waals surface area contributed by atoms with Crippen LogP contribution in [0.5, 0.6) is 0 Å². The molecule has 0 amide bonds. The van der Waals surface area contributed by atoms with Gasteiger partial charge in [-0.25, -0.2) is 13.2 Å². The minimum Gasteiger partial charge on any atom is -0.478 e. The molecule has 1 fully saturated rings. The van der Waals surface area contributed by atoms with Gasteiger partial charge in [-0.05, 0) is 31.2 Å². The van der Waals surface area contributed by atoms with Crippen LogP contribution in [0.2, 0.25) is 0 Å². The molecule has 1 unspecified atom stereocenters. The first-order valence-corrected chi connectivity index (χ1v) is 7.30. The Kier molecular flexibility index (Phi) is 3.88. The number of aromatic carboxylic acids is 1. The number of hydrogen-bond acceptors (Lipinski definition) is 4. The number of carboxylic acids is 1. The smallest absolute Gasteiger partial charge is 0.335 e. The lowest BCUT2D eigenvalue weighted by Gasteiger charge is -2.30. The van der Waals surface area contributed by atoms with Gasteiger partial charge in [-0.2, -0.15) is 4.31 Å². The zero-order valence-electron chi connectivity index (χ0n) is 10.4. The summed E-state index contributed by atoms with van der Waals surface area (Å²) >= 11 is 0. The summed E-state index contributed by atoms with van der Waals surface area (Å²) < 4.78 is 31.3. The zero-order chi connectivity index (χ0) is 14.0. The Bertz CT molecular complexity index is 566. The average Bonchev–Trinajstić information content (AvgIpc) is 2.39. The fourth-order valence-electron chi connectivity index (χ4n) is 1.92. The van der Waals surface area contributed by atoms with Gasteiger partial charge in [-0.15, -0.1) is 0 Å². The van der Waals surface area contributed by atoms with E-state index >= 15 is 0 Å². The largest absolute Gasteiger partial charge is 0.478 e. The third kappa shape index (κ3) is 2.94. The van der Waals surface area contributed by atoms with Gasteiger partial charge in [0.1, 0.15) is 0 Å². The van der Waals surface area contributed by atoms with E-state index < -0.39 is 16.0 Å². The number of morpholine rings is 1. The predicted octanol–water partition coefficient (Wildman–Crippen LogP) is 0.794. The van der Waals surface area contributed by atoms with Gasteiger partial charge in [0.05, 0.1) is 23.2 Å². The van der Waals surface area contributed by atoms with Crippen LogP contribution in [0.15, 0.2) is 29.2 Å². The highest BCUT2D eigenvalue weighted by atomic mass is 32.2. The van der Waals surface area contributed by atoms with Gasteiger partial charge in [0.25, 0.3) is 0 Å². The lowest BCUT2D eigenvalue weighted by molar-refractivity contribution is 0.0102. The van der Waals surface area contributed by atoms with E-state index in [-0.39, 0.29) is 16.6 Å². The van der Waals surface area contributed by atoms with Crippen molar-refractivity contribution < 1.29 is 23.1 Å². The quantitative estimate of drug-likeness (QED) is 0.887. The van der Waals surface area contributed by atoms with Crippen LogP contribution < -0.4 is 0 Å². The van der Waals surface area contributed by atoms with Crippen LogP contribution in [0.25, 0.3) is 0 Å². The molecule has 1 aliphatic heterocycles. The van der Waals surface area contributed by atoms with Crippen molar-refractivity contribution in [3.05, 3.63) is 29.8 Å². The second kappa shape index (κ2) is 5.28. The van der Waals surface area contributed by atoms with Crippen molar-refractivity contribution in [3.8, 4) is 0 Å². The molecule has 1 aliphatic rings. The molecule has 19 heavy (non-hydrogen) atoms. The fourth-order valence-corrected chi connectivity index (χ4v) is 3.42. The van der Waals surface area contributed by atoms with E-state index in [0.717, 1.165) is 0 Å². The molecule has 1 aromatic rings. The second-order valence-corrected chi connectivity index (χ2v) is 6.31. The highest BCUT2D eigenvalue weighted by Crippen LogP contribution is 2.19. The summed E-state index contributed by atoms with van der Waals surface area (Å²) in [5.74, 6) is -1.08. The monoisotopic (exact) mass is 285 g/mol. The lowest BCUT2D eigenvalue weighted by Crippen LogP contribution is -2.44. The standard InChI is InChI=1S/C12H15NO5S/c1-9-8-13(6-7-18-9)19(16,17)11-4-2-10(3-5-11)12(14)15/h2-5,9H,6-8H2,1H3,(H,14,15). The zero-order valence-corrected chi connectivity index (χ0v) is 11.3. The van der Waals surface area contributed by atoms with Gasteiger partial charge in [-0.3, -0.25) is 0 Å². The maximum atomic E-state index is 12.3. The number of sulfonamides is 1. The first kappa shape index (κ1) is 14.0. The number of rotatable bonds is 3. The first-order valence-electron chi connectivity index (χ1n) is 5.86. The SMILES string of the molecule is CC1CN(S(=O)(=O)c2ccc(C(=O)O)cc2)CCO1. The van der Waals surface area contributed by atoms with E-state index in [0.29, 0.717) is 19.7 Å². The van der Waals surface area contributed by atoms with E-state index in [1.807, 2.05) is 6.92 Å². The van der Waals surface area contributed by atoms with Crippen LogP contribution in [0.4, 0.5) is 0 Å². The summed E-state index contributed by atoms with van der Waals surface area (Å²) in [6.07, 6.45) is -0.137. The van der Waals surface area contributed by atoms with Crippen molar-refractivity contribution in [2.75, 3.05) is 19.7 Å². The molecule has 7 heteroatoms. The van der Waals surface area contributed by atoms with Crippen molar-refractivity contribution >= 4 is 16.0 Å². The Morgan fingerprint density at radius 3 is 2.53 bits per heavy atom. The van der Waals surface area contributed by atoms with Crippen molar-refractivity contribution in [1.82, 2.24) is 4.31 Å². The predicted molar refractivity (Wildman–Crippen MR) is 67.6 cm³/mol. The number of ether oxygens (including phenoxy) is 1. The molecule has 1 heterocycles. The molecular formula is C12H15NO5S. The van der Waals surface area contributed by atoms with E-state index in [1.54, 1.807) is 0 Å². The maximum Gasteiger partial charge on any atom is 0.335 e. The highest BCUT2D eigenvalue weighted by Gasteiger charge is 2.29. The summed E-state index contributed by atoms with van der Waals surface area (Å²) in [4.78, 5) is 10.8. The maximum absolute atomic E-state index is 12.3. The number of carbonyl (C=O) groups is 1. The molecule has 1 saturated heterocycles. The van der Waals surface area contributed by atoms with Crippen LogP contribution in [-0.2, 0) is 14.8 Å². The van der Waals surface area contributed by atoms with Gasteiger partial charge in [0.15, 0.2) is 0 Å². The summed E-state index contributed by atoms with van der Waals surface area (Å²) in [5.41, 5.74) is 0.0642. The van der Waals surface area contributed by atoms with Gasteiger partial charge < -0.3 is 9.84 Å². The minimum absolute atomic E-state index is 0.0642. The molecule has 0 saturated carbocycles. The number of nitrogens with zero attached hydrogens (tertiary/aromatic N) is 1. The number of benzene rings is 1. The van der Waals surface area contributed by atoms with Crippen molar-refractivity contribution in [1.29, 1.82) is 0 Å². The van der Waals surface area contributed by atoms with Gasteiger partial charge >= 0.3 is 5.97 Å². The Labute approximate surface area is 111 Å². The van der Waals surface area contributed by atoms with Crippen LogP contribution in [0.1, 0.15) is 17.3 Å². The number of hydrogen-bond donors (Lipinski definition) is 1. The minimum atomic E-state index is -3.58. The molecule has 1 atom stereocenters. The average molecular weight is 285 g/mol. The number of carboxylic acid groups (broad SMARTS) is 1. The van der Waals surface area contributed by atoms with Gasteiger partial charge in [0.2, 0.25) is 10.0 Å². The topological polar surface area (TPSA) is 83.9 Å². The van der Waals surface area contributed by atoms with E-state index in [4.69, 9.17) is 9.84 Å². The summed E-state index contributed by atoms with van der Waals surface area (Å²) in [5, 5.41) is 8.79. The lowest BCUT2D eigenvalue weighted by atomic mass is 10.2. The van der Waals surface area contributed by atoms with Crippen LogP contribution in [-0.4, -0.2) is 49.6 Å². The third-order valence-electron chi connectivity index (χ3n) is 2.94. The molecule has 0 aliphatic carbocycles. The van der Waals surface area contributed by atoms with Gasteiger partial charge in [-0.1, -0.05) is 0 Å². The van der Waals surface area contributed by atoms with Crippen LogP contribution >= 0.6 is 0 Å². The molecule has 2 rings (SSSR count). The molecular weight excluding hydrogens is 270 g/mol. The Morgan fingerprint density at radius 2 is 2.00 bits per heavy atom. The molecule has 1 N–H and O–H groups in total. The Hall–Kier alpha value is -1.44. The highest BCUT2D eigenvalue weighted by molar-refractivity contribution is 7.89. The molecule has 104 valence electrons.